The summed E-state index contributed by atoms with van der Waals surface area (Å²) in [6, 6.07) is 24.7. The van der Waals surface area contributed by atoms with Gasteiger partial charge in [-0.3, -0.25) is 0 Å². The molecule has 0 fully saturated rings. The zero-order valence-corrected chi connectivity index (χ0v) is 26.1. The van der Waals surface area contributed by atoms with Crippen LogP contribution in [0.2, 0.25) is 5.04 Å². The highest BCUT2D eigenvalue weighted by Gasteiger charge is 2.53. The van der Waals surface area contributed by atoms with Crippen molar-refractivity contribution in [3.8, 4) is 0 Å². The van der Waals surface area contributed by atoms with Crippen LogP contribution in [0.4, 0.5) is 5.69 Å². The van der Waals surface area contributed by atoms with E-state index >= 15 is 0 Å². The molecule has 0 unspecified atom stereocenters. The van der Waals surface area contributed by atoms with Gasteiger partial charge >= 0.3 is 13.9 Å². The number of aryl methyl sites for hydroxylation is 2. The fourth-order valence-electron chi connectivity index (χ4n) is 7.49. The van der Waals surface area contributed by atoms with Crippen LogP contribution >= 0.6 is 0 Å². The number of fused-ring (bicyclic) bond motifs is 2. The van der Waals surface area contributed by atoms with Crippen LogP contribution in [0.5, 0.6) is 0 Å². The van der Waals surface area contributed by atoms with E-state index in [1.54, 1.807) is 6.07 Å². The lowest BCUT2D eigenvalue weighted by atomic mass is 9.88. The molecule has 0 saturated carbocycles. The third kappa shape index (κ3) is 4.65. The second-order valence-electron chi connectivity index (χ2n) is 13.0. The van der Waals surface area contributed by atoms with E-state index in [1.165, 1.54) is 11.3 Å². The third-order valence-electron chi connectivity index (χ3n) is 9.36. The van der Waals surface area contributed by atoms with Gasteiger partial charge in [0, 0.05) is 41.4 Å². The molecule has 7 rings (SSSR count). The van der Waals surface area contributed by atoms with E-state index in [9.17, 15) is 9.90 Å². The number of aliphatic hydroxyl groups is 1. The molecule has 0 bridgehead atoms. The topological polar surface area (TPSA) is 72.1 Å². The minimum atomic E-state index is -2.95. The molecule has 3 aliphatic rings. The Kier molecular flexibility index (Phi) is 7.07. The van der Waals surface area contributed by atoms with Crippen molar-refractivity contribution in [1.29, 1.82) is 0 Å². The van der Waals surface area contributed by atoms with Crippen LogP contribution in [-0.2, 0) is 22.0 Å². The molecule has 3 aliphatic heterocycles. The summed E-state index contributed by atoms with van der Waals surface area (Å²) < 4.78 is 19.7. The molecule has 6 nitrogen and oxygen atoms in total. The molecule has 0 aliphatic carbocycles. The highest BCUT2D eigenvalue weighted by atomic mass is 28.4. The minimum Gasteiger partial charge on any atom is -0.535 e. The SMILES string of the molecule is CC(C)(C)[Si](OC1=C[C@H](c2cc(=O)oc3c4c5c(cc23)CCCN5CCC4)O[C@@H]1CO)(c1ccccc1)c1ccccc1. The molecule has 0 radical (unpaired) electrons. The predicted octanol–water partition coefficient (Wildman–Crippen LogP) is 5.38. The molecule has 7 heteroatoms. The van der Waals surface area contributed by atoms with Gasteiger partial charge in [0.05, 0.1) is 6.61 Å². The van der Waals surface area contributed by atoms with E-state index in [1.807, 2.05) is 18.2 Å². The first-order chi connectivity index (χ1) is 20.8. The quantitative estimate of drug-likeness (QED) is 0.239. The largest absolute Gasteiger partial charge is 0.535 e. The Hall–Kier alpha value is -3.65. The number of nitrogens with zero attached hydrogens (tertiary/aromatic N) is 1. The van der Waals surface area contributed by atoms with Gasteiger partial charge in [-0.2, -0.15) is 0 Å². The van der Waals surface area contributed by atoms with Crippen molar-refractivity contribution < 1.29 is 18.7 Å². The van der Waals surface area contributed by atoms with Crippen molar-refractivity contribution in [1.82, 2.24) is 0 Å². The van der Waals surface area contributed by atoms with Gasteiger partial charge in [0.15, 0.2) is 0 Å². The standard InChI is InChI=1S/C36H39NO5Si/c1-36(2,3)43(25-13-6-4-7-14-25,26-15-8-5-9-16-26)42-31-22-30(40-32(31)23-38)28-21-33(39)41-35-27-17-11-19-37-18-10-12-24(34(27)37)20-29(28)35/h4-9,13-16,20-22,30,32,38H,10-12,17-19,23H2,1-3H3/t30-,32-/m1/s1. The van der Waals surface area contributed by atoms with Crippen molar-refractivity contribution in [3.05, 3.63) is 112 Å². The second kappa shape index (κ2) is 10.8. The molecule has 0 saturated heterocycles. The van der Waals surface area contributed by atoms with Gasteiger partial charge < -0.3 is 23.6 Å². The molecule has 0 amide bonds. The van der Waals surface area contributed by atoms with Crippen molar-refractivity contribution in [2.75, 3.05) is 24.6 Å². The smallest absolute Gasteiger partial charge is 0.336 e. The van der Waals surface area contributed by atoms with Crippen LogP contribution in [0.3, 0.4) is 0 Å². The number of anilines is 1. The Labute approximate surface area is 253 Å². The minimum absolute atomic E-state index is 0.227. The van der Waals surface area contributed by atoms with Crippen molar-refractivity contribution >= 4 is 35.3 Å². The molecule has 43 heavy (non-hydrogen) atoms. The Morgan fingerprint density at radius 1 is 0.953 bits per heavy atom. The summed E-state index contributed by atoms with van der Waals surface area (Å²) in [6.45, 7) is 8.56. The highest BCUT2D eigenvalue weighted by molar-refractivity contribution is 6.99. The lowest BCUT2D eigenvalue weighted by Gasteiger charge is -2.43. The number of benzene rings is 3. The van der Waals surface area contributed by atoms with Gasteiger partial charge in [-0.05, 0) is 58.8 Å². The highest BCUT2D eigenvalue weighted by Crippen LogP contribution is 2.45. The zero-order chi connectivity index (χ0) is 29.8. The number of hydrogen-bond donors (Lipinski definition) is 1. The van der Waals surface area contributed by atoms with Crippen LogP contribution in [0.15, 0.2) is 93.8 Å². The Bertz CT molecular complexity index is 1700. The summed E-state index contributed by atoms with van der Waals surface area (Å²) in [5.41, 5.74) is 4.77. The molecule has 0 spiro atoms. The maximum atomic E-state index is 13.0. The van der Waals surface area contributed by atoms with E-state index in [-0.39, 0.29) is 17.3 Å². The van der Waals surface area contributed by atoms with E-state index in [2.05, 4.69) is 80.3 Å². The van der Waals surface area contributed by atoms with Gasteiger partial charge in [0.2, 0.25) is 0 Å². The van der Waals surface area contributed by atoms with Crippen molar-refractivity contribution in [2.45, 2.75) is 63.7 Å². The average molecular weight is 594 g/mol. The van der Waals surface area contributed by atoms with Crippen LogP contribution < -0.4 is 20.9 Å². The van der Waals surface area contributed by atoms with Gasteiger partial charge in [0.1, 0.15) is 23.6 Å². The van der Waals surface area contributed by atoms with Crippen LogP contribution in [0, 0.1) is 0 Å². The number of aliphatic hydroxyl groups excluding tert-OH is 1. The average Bonchev–Trinajstić information content (AvgIpc) is 3.43. The summed E-state index contributed by atoms with van der Waals surface area (Å²) in [5.74, 6) is 0.619. The van der Waals surface area contributed by atoms with Crippen LogP contribution in [0.1, 0.15) is 56.4 Å². The van der Waals surface area contributed by atoms with Gasteiger partial charge in [0.25, 0.3) is 0 Å². The summed E-state index contributed by atoms with van der Waals surface area (Å²) in [5, 5.41) is 13.5. The fraction of sp³-hybridized carbons (Fsp3) is 0.361. The molecular formula is C36H39NO5Si. The first kappa shape index (κ1) is 28.1. The summed E-state index contributed by atoms with van der Waals surface area (Å²) in [4.78, 5) is 15.5. The zero-order valence-electron chi connectivity index (χ0n) is 25.1. The molecule has 222 valence electrons. The Morgan fingerprint density at radius 3 is 2.23 bits per heavy atom. The molecule has 1 N–H and O–H groups in total. The normalized spacial score (nSPS) is 20.2. The monoisotopic (exact) mass is 593 g/mol. The molecule has 2 atom stereocenters. The van der Waals surface area contributed by atoms with E-state index in [0.29, 0.717) is 11.3 Å². The number of hydrogen-bond acceptors (Lipinski definition) is 6. The van der Waals surface area contributed by atoms with Crippen LogP contribution in [0.25, 0.3) is 11.0 Å². The third-order valence-corrected chi connectivity index (χ3v) is 14.3. The van der Waals surface area contributed by atoms with E-state index in [4.69, 9.17) is 13.6 Å². The van der Waals surface area contributed by atoms with Crippen LogP contribution in [-0.4, -0.2) is 39.2 Å². The first-order valence-electron chi connectivity index (χ1n) is 15.5. The number of ether oxygens (including phenoxy) is 1. The van der Waals surface area contributed by atoms with Gasteiger partial charge in [-0.1, -0.05) is 81.4 Å². The van der Waals surface area contributed by atoms with Crippen molar-refractivity contribution in [3.63, 3.8) is 0 Å². The van der Waals surface area contributed by atoms with E-state index < -0.39 is 20.5 Å². The Morgan fingerprint density at radius 2 is 1.60 bits per heavy atom. The Balaban J connectivity index is 1.38. The lowest BCUT2D eigenvalue weighted by molar-refractivity contribution is 0.00774. The van der Waals surface area contributed by atoms with Gasteiger partial charge in [-0.15, -0.1) is 0 Å². The second-order valence-corrected chi connectivity index (χ2v) is 17.2. The molecule has 1 aromatic heterocycles. The summed E-state index contributed by atoms with van der Waals surface area (Å²) >= 11 is 0. The van der Waals surface area contributed by atoms with Gasteiger partial charge in [-0.25, -0.2) is 4.79 Å². The molecular weight excluding hydrogens is 554 g/mol. The molecule has 4 aromatic rings. The fourth-order valence-corrected chi connectivity index (χ4v) is 12.0. The van der Waals surface area contributed by atoms with Crippen molar-refractivity contribution in [2.24, 2.45) is 0 Å². The van der Waals surface area contributed by atoms with E-state index in [0.717, 1.165) is 65.7 Å². The number of rotatable bonds is 6. The molecule has 4 heterocycles. The maximum absolute atomic E-state index is 13.0. The molecule has 3 aromatic carbocycles. The predicted molar refractivity (Wildman–Crippen MR) is 173 cm³/mol. The lowest BCUT2D eigenvalue weighted by Crippen LogP contribution is -2.66. The summed E-state index contributed by atoms with van der Waals surface area (Å²) in [6.07, 6.45) is 4.84. The summed E-state index contributed by atoms with van der Waals surface area (Å²) in [7, 11) is -2.95. The first-order valence-corrected chi connectivity index (χ1v) is 17.4. The maximum Gasteiger partial charge on any atom is 0.336 e.